The number of nitrogens with one attached hydrogen (secondary N) is 1. The van der Waals surface area contributed by atoms with Gasteiger partial charge in [-0.05, 0) is 62.7 Å². The highest BCUT2D eigenvalue weighted by Crippen LogP contribution is 2.35. The minimum atomic E-state index is -0.0523. The lowest BCUT2D eigenvalue weighted by Crippen LogP contribution is -2.17. The van der Waals surface area contributed by atoms with Crippen LogP contribution in [0.4, 0.5) is 0 Å². The average Bonchev–Trinajstić information content (AvgIpc) is 3.26. The average molecular weight is 442 g/mol. The Bertz CT molecular complexity index is 1160. The summed E-state index contributed by atoms with van der Waals surface area (Å²) in [6, 6.07) is 24.9. The lowest BCUT2D eigenvalue weighted by molar-refractivity contribution is 0.104. The first-order valence-electron chi connectivity index (χ1n) is 11.8. The van der Waals surface area contributed by atoms with Crippen LogP contribution in [0.2, 0.25) is 0 Å². The summed E-state index contributed by atoms with van der Waals surface area (Å²) in [7, 11) is 0. The number of furan rings is 1. The fourth-order valence-corrected chi connectivity index (χ4v) is 3.88. The molecular weight excluding hydrogens is 410 g/mol. The molecule has 3 aromatic carbocycles. The van der Waals surface area contributed by atoms with E-state index in [2.05, 4.69) is 12.2 Å². The van der Waals surface area contributed by atoms with Crippen molar-refractivity contribution in [2.24, 2.45) is 0 Å². The van der Waals surface area contributed by atoms with E-state index in [0.717, 1.165) is 42.6 Å². The Morgan fingerprint density at radius 2 is 1.58 bits per heavy atom. The molecule has 0 unspecified atom stereocenters. The fourth-order valence-electron chi connectivity index (χ4n) is 3.88. The fraction of sp³-hybridized carbons (Fsp3) is 0.276. The predicted molar refractivity (Wildman–Crippen MR) is 134 cm³/mol. The lowest BCUT2D eigenvalue weighted by atomic mass is 9.97. The molecule has 33 heavy (non-hydrogen) atoms. The maximum Gasteiger partial charge on any atom is 0.197 e. The molecule has 0 spiro atoms. The maximum absolute atomic E-state index is 13.5. The molecular formula is C29H31NO3. The van der Waals surface area contributed by atoms with Crippen molar-refractivity contribution >= 4 is 16.8 Å². The normalized spacial score (nSPS) is 11.1. The van der Waals surface area contributed by atoms with Gasteiger partial charge >= 0.3 is 0 Å². The number of hydrogen-bond acceptors (Lipinski definition) is 4. The number of hydrogen-bond donors (Lipinski definition) is 1. The van der Waals surface area contributed by atoms with Crippen LogP contribution in [0.5, 0.6) is 5.75 Å². The molecule has 0 bridgehead atoms. The number of benzene rings is 3. The van der Waals surface area contributed by atoms with Crippen LogP contribution in [0.1, 0.15) is 48.5 Å². The van der Waals surface area contributed by atoms with Crippen molar-refractivity contribution in [1.82, 2.24) is 5.32 Å². The van der Waals surface area contributed by atoms with Gasteiger partial charge in [0.05, 0.1) is 12.2 Å². The van der Waals surface area contributed by atoms with Gasteiger partial charge in [-0.1, -0.05) is 61.9 Å². The number of ether oxygens (including phenoxy) is 1. The van der Waals surface area contributed by atoms with Crippen LogP contribution in [-0.4, -0.2) is 25.5 Å². The minimum Gasteiger partial charge on any atom is -0.494 e. The molecule has 4 rings (SSSR count). The van der Waals surface area contributed by atoms with Crippen LogP contribution in [0.25, 0.3) is 22.3 Å². The molecule has 1 N–H and O–H groups in total. The highest BCUT2D eigenvalue weighted by atomic mass is 16.5. The standard InChI is InChI=1S/C29H31NO3/c1-2-3-19-30-20-9-10-21-32-24-17-15-22(16-18-24)28(31)27-25-13-7-8-14-26(25)33-29(27)23-11-5-4-6-12-23/h4-8,11-18,30H,2-3,9-10,19-21H2,1H3. The summed E-state index contributed by atoms with van der Waals surface area (Å²) < 4.78 is 12.0. The second kappa shape index (κ2) is 11.5. The first-order valence-corrected chi connectivity index (χ1v) is 11.8. The summed E-state index contributed by atoms with van der Waals surface area (Å²) in [4.78, 5) is 13.5. The zero-order chi connectivity index (χ0) is 22.9. The Labute approximate surface area is 195 Å². The Hall–Kier alpha value is -3.37. The molecule has 0 atom stereocenters. The molecule has 4 heteroatoms. The van der Waals surface area contributed by atoms with Crippen molar-refractivity contribution in [3.05, 3.63) is 90.0 Å². The van der Waals surface area contributed by atoms with Crippen molar-refractivity contribution in [1.29, 1.82) is 0 Å². The SMILES string of the molecule is CCCCNCCCCOc1ccc(C(=O)c2c(-c3ccccc3)oc3ccccc23)cc1. The number of carbonyl (C=O) groups is 1. The molecule has 170 valence electrons. The second-order valence-electron chi connectivity index (χ2n) is 8.18. The number of rotatable bonds is 12. The Kier molecular flexibility index (Phi) is 7.94. The van der Waals surface area contributed by atoms with Gasteiger partial charge in [0.2, 0.25) is 0 Å². The van der Waals surface area contributed by atoms with Crippen molar-refractivity contribution in [2.75, 3.05) is 19.7 Å². The van der Waals surface area contributed by atoms with E-state index in [1.807, 2.05) is 78.9 Å². The molecule has 0 fully saturated rings. The number of unbranched alkanes of at least 4 members (excludes halogenated alkanes) is 2. The molecule has 4 nitrogen and oxygen atoms in total. The Balaban J connectivity index is 1.44. The van der Waals surface area contributed by atoms with Gasteiger partial charge in [-0.15, -0.1) is 0 Å². The van der Waals surface area contributed by atoms with Crippen LogP contribution in [0, 0.1) is 0 Å². The Morgan fingerprint density at radius 3 is 2.36 bits per heavy atom. The maximum atomic E-state index is 13.5. The second-order valence-corrected chi connectivity index (χ2v) is 8.18. The summed E-state index contributed by atoms with van der Waals surface area (Å²) in [5.41, 5.74) is 2.82. The third-order valence-corrected chi connectivity index (χ3v) is 5.70. The van der Waals surface area contributed by atoms with Gasteiger partial charge in [-0.2, -0.15) is 0 Å². The monoisotopic (exact) mass is 441 g/mol. The summed E-state index contributed by atoms with van der Waals surface area (Å²) in [5, 5.41) is 4.27. The number of carbonyl (C=O) groups excluding carboxylic acids is 1. The van der Waals surface area contributed by atoms with Crippen LogP contribution in [0.15, 0.2) is 83.3 Å². The van der Waals surface area contributed by atoms with Gasteiger partial charge in [0, 0.05) is 16.5 Å². The van der Waals surface area contributed by atoms with Gasteiger partial charge in [0.1, 0.15) is 17.1 Å². The van der Waals surface area contributed by atoms with E-state index in [1.165, 1.54) is 12.8 Å². The highest BCUT2D eigenvalue weighted by Gasteiger charge is 2.23. The van der Waals surface area contributed by atoms with Crippen molar-refractivity contribution < 1.29 is 13.9 Å². The lowest BCUT2D eigenvalue weighted by Gasteiger charge is -2.08. The van der Waals surface area contributed by atoms with Crippen molar-refractivity contribution in [3.8, 4) is 17.1 Å². The van der Waals surface area contributed by atoms with Crippen LogP contribution in [0.3, 0.4) is 0 Å². The van der Waals surface area contributed by atoms with Crippen LogP contribution < -0.4 is 10.1 Å². The number of para-hydroxylation sites is 1. The van der Waals surface area contributed by atoms with Crippen molar-refractivity contribution in [2.45, 2.75) is 32.6 Å². The van der Waals surface area contributed by atoms with Gasteiger partial charge in [0.15, 0.2) is 5.78 Å². The predicted octanol–water partition coefficient (Wildman–Crippen LogP) is 6.88. The first-order chi connectivity index (χ1) is 16.3. The number of ketones is 1. The minimum absolute atomic E-state index is 0.0523. The van der Waals surface area contributed by atoms with Crippen LogP contribution in [-0.2, 0) is 0 Å². The smallest absolute Gasteiger partial charge is 0.197 e. The third kappa shape index (κ3) is 5.71. The van der Waals surface area contributed by atoms with Gasteiger partial charge < -0.3 is 14.5 Å². The molecule has 0 amide bonds. The number of fused-ring (bicyclic) bond motifs is 1. The van der Waals surface area contributed by atoms with Crippen LogP contribution >= 0.6 is 0 Å². The van der Waals surface area contributed by atoms with E-state index in [4.69, 9.17) is 9.15 Å². The largest absolute Gasteiger partial charge is 0.494 e. The first kappa shape index (κ1) is 22.8. The van der Waals surface area contributed by atoms with E-state index >= 15 is 0 Å². The van der Waals surface area contributed by atoms with Gasteiger partial charge in [0.25, 0.3) is 0 Å². The quantitative estimate of drug-likeness (QED) is 0.192. The molecule has 0 saturated heterocycles. The van der Waals surface area contributed by atoms with Gasteiger partial charge in [-0.3, -0.25) is 4.79 Å². The molecule has 0 saturated carbocycles. The molecule has 0 radical (unpaired) electrons. The van der Waals surface area contributed by atoms with E-state index in [1.54, 1.807) is 0 Å². The topological polar surface area (TPSA) is 51.5 Å². The molecule has 4 aromatic rings. The molecule has 1 aromatic heterocycles. The summed E-state index contributed by atoms with van der Waals surface area (Å²) in [6.07, 6.45) is 4.54. The molecule has 1 heterocycles. The molecule has 0 aliphatic rings. The van der Waals surface area contributed by atoms with Gasteiger partial charge in [-0.25, -0.2) is 0 Å². The summed E-state index contributed by atoms with van der Waals surface area (Å²) in [6.45, 7) is 4.99. The van der Waals surface area contributed by atoms with E-state index in [-0.39, 0.29) is 5.78 Å². The van der Waals surface area contributed by atoms with E-state index < -0.39 is 0 Å². The van der Waals surface area contributed by atoms with E-state index in [9.17, 15) is 4.79 Å². The van der Waals surface area contributed by atoms with Crippen molar-refractivity contribution in [3.63, 3.8) is 0 Å². The third-order valence-electron chi connectivity index (χ3n) is 5.70. The summed E-state index contributed by atoms with van der Waals surface area (Å²) in [5.74, 6) is 1.34. The zero-order valence-electron chi connectivity index (χ0n) is 19.2. The zero-order valence-corrected chi connectivity index (χ0v) is 19.2. The summed E-state index contributed by atoms with van der Waals surface area (Å²) >= 11 is 0. The van der Waals surface area contributed by atoms with E-state index in [0.29, 0.717) is 29.1 Å². The Morgan fingerprint density at radius 1 is 0.848 bits per heavy atom. The highest BCUT2D eigenvalue weighted by molar-refractivity contribution is 6.19. The molecule has 0 aliphatic carbocycles. The molecule has 0 aliphatic heterocycles.